The number of ether oxygens (including phenoxy) is 1. The molecular formula is C15H24FNO. The molecule has 1 rings (SSSR count). The first kappa shape index (κ1) is 15.0. The monoisotopic (exact) mass is 253 g/mol. The summed E-state index contributed by atoms with van der Waals surface area (Å²) in [5, 5.41) is 0. The maximum absolute atomic E-state index is 13.7. The Hall–Kier alpha value is -1.09. The lowest BCUT2D eigenvalue weighted by atomic mass is 10.00. The zero-order valence-electron chi connectivity index (χ0n) is 11.7. The van der Waals surface area contributed by atoms with E-state index in [-0.39, 0.29) is 11.9 Å². The maximum Gasteiger partial charge on any atom is 0.165 e. The number of benzene rings is 1. The van der Waals surface area contributed by atoms with Gasteiger partial charge in [-0.25, -0.2) is 4.39 Å². The van der Waals surface area contributed by atoms with Crippen LogP contribution in [0.25, 0.3) is 0 Å². The Bertz CT molecular complexity index is 377. The molecule has 0 aliphatic rings. The Morgan fingerprint density at radius 1 is 1.22 bits per heavy atom. The average molecular weight is 253 g/mol. The molecule has 0 amide bonds. The van der Waals surface area contributed by atoms with Crippen molar-refractivity contribution in [3.63, 3.8) is 0 Å². The van der Waals surface area contributed by atoms with Crippen LogP contribution in [0.4, 0.5) is 4.39 Å². The molecule has 0 aliphatic carbocycles. The molecule has 0 bridgehead atoms. The van der Waals surface area contributed by atoms with E-state index < -0.39 is 0 Å². The van der Waals surface area contributed by atoms with E-state index in [2.05, 4.69) is 20.8 Å². The first-order valence-electron chi connectivity index (χ1n) is 6.58. The summed E-state index contributed by atoms with van der Waals surface area (Å²) in [6.07, 6.45) is 1.08. The molecule has 0 spiro atoms. The summed E-state index contributed by atoms with van der Waals surface area (Å²) < 4.78 is 19.3. The van der Waals surface area contributed by atoms with Crippen molar-refractivity contribution in [2.45, 2.75) is 40.2 Å². The fourth-order valence-corrected chi connectivity index (χ4v) is 2.02. The number of nitrogens with two attached hydrogens (primary N) is 1. The molecule has 2 atom stereocenters. The maximum atomic E-state index is 13.7. The molecule has 1 aromatic rings. The molecule has 0 aromatic heterocycles. The van der Waals surface area contributed by atoms with Gasteiger partial charge in [0.05, 0.1) is 6.61 Å². The van der Waals surface area contributed by atoms with Crippen molar-refractivity contribution in [2.75, 3.05) is 6.61 Å². The van der Waals surface area contributed by atoms with Crippen LogP contribution < -0.4 is 10.5 Å². The van der Waals surface area contributed by atoms with Crippen LogP contribution in [0.5, 0.6) is 5.75 Å². The lowest BCUT2D eigenvalue weighted by molar-refractivity contribution is 0.230. The van der Waals surface area contributed by atoms with E-state index in [1.165, 1.54) is 6.07 Å². The van der Waals surface area contributed by atoms with Crippen molar-refractivity contribution in [2.24, 2.45) is 17.6 Å². The molecule has 3 heteroatoms. The van der Waals surface area contributed by atoms with Crippen molar-refractivity contribution in [3.05, 3.63) is 29.6 Å². The summed E-state index contributed by atoms with van der Waals surface area (Å²) in [6, 6.07) is 4.77. The van der Waals surface area contributed by atoms with Crippen molar-refractivity contribution in [1.29, 1.82) is 0 Å². The highest BCUT2D eigenvalue weighted by molar-refractivity contribution is 5.30. The topological polar surface area (TPSA) is 35.2 Å². The van der Waals surface area contributed by atoms with Gasteiger partial charge in [0.2, 0.25) is 0 Å². The second kappa shape index (κ2) is 6.74. The standard InChI is InChI=1S/C15H24FNO/c1-10(2)7-11(3)9-18-15-6-5-13(12(4)17)8-14(15)16/h5-6,8,10-12H,7,9,17H2,1-4H3/t11?,12-/m0/s1. The van der Waals surface area contributed by atoms with Crippen LogP contribution in [-0.2, 0) is 0 Å². The summed E-state index contributed by atoms with van der Waals surface area (Å²) in [7, 11) is 0. The van der Waals surface area contributed by atoms with Gasteiger partial charge >= 0.3 is 0 Å². The predicted molar refractivity (Wildman–Crippen MR) is 73.1 cm³/mol. The smallest absolute Gasteiger partial charge is 0.165 e. The van der Waals surface area contributed by atoms with E-state index in [9.17, 15) is 4.39 Å². The van der Waals surface area contributed by atoms with Crippen LogP contribution in [-0.4, -0.2) is 6.61 Å². The Labute approximate surface area is 109 Å². The number of hydrogen-bond donors (Lipinski definition) is 1. The minimum atomic E-state index is -0.332. The SMILES string of the molecule is CC(C)CC(C)COc1ccc([C@H](C)N)cc1F. The molecule has 0 saturated heterocycles. The predicted octanol–water partition coefficient (Wildman–Crippen LogP) is 3.91. The molecule has 1 unspecified atom stereocenters. The van der Waals surface area contributed by atoms with Gasteiger partial charge in [-0.1, -0.05) is 26.8 Å². The molecule has 18 heavy (non-hydrogen) atoms. The summed E-state index contributed by atoms with van der Waals surface area (Å²) in [4.78, 5) is 0. The third-order valence-electron chi connectivity index (χ3n) is 2.88. The van der Waals surface area contributed by atoms with Gasteiger partial charge in [0.15, 0.2) is 11.6 Å². The Balaban J connectivity index is 2.58. The molecule has 0 radical (unpaired) electrons. The molecule has 102 valence electrons. The summed E-state index contributed by atoms with van der Waals surface area (Å²) in [5.41, 5.74) is 6.49. The highest BCUT2D eigenvalue weighted by atomic mass is 19.1. The summed E-state index contributed by atoms with van der Waals surface area (Å²) >= 11 is 0. The molecule has 1 aromatic carbocycles. The van der Waals surface area contributed by atoms with Crippen molar-refractivity contribution < 1.29 is 9.13 Å². The zero-order chi connectivity index (χ0) is 13.7. The average Bonchev–Trinajstić information content (AvgIpc) is 2.26. The second-order valence-electron chi connectivity index (χ2n) is 5.52. The van der Waals surface area contributed by atoms with Gasteiger partial charge in [0.25, 0.3) is 0 Å². The van der Waals surface area contributed by atoms with Crippen molar-refractivity contribution in [1.82, 2.24) is 0 Å². The highest BCUT2D eigenvalue weighted by Gasteiger charge is 2.10. The van der Waals surface area contributed by atoms with E-state index >= 15 is 0 Å². The Kier molecular flexibility index (Phi) is 5.60. The van der Waals surface area contributed by atoms with Crippen LogP contribution in [0.15, 0.2) is 18.2 Å². The lowest BCUT2D eigenvalue weighted by Gasteiger charge is -2.16. The molecule has 0 fully saturated rings. The van der Waals surface area contributed by atoms with Crippen LogP contribution in [0.1, 0.15) is 45.7 Å². The van der Waals surface area contributed by atoms with Crippen LogP contribution in [0.3, 0.4) is 0 Å². The van der Waals surface area contributed by atoms with Gasteiger partial charge < -0.3 is 10.5 Å². The Morgan fingerprint density at radius 3 is 2.39 bits per heavy atom. The third-order valence-corrected chi connectivity index (χ3v) is 2.88. The number of rotatable bonds is 6. The first-order chi connectivity index (χ1) is 8.40. The van der Waals surface area contributed by atoms with Crippen LogP contribution >= 0.6 is 0 Å². The summed E-state index contributed by atoms with van der Waals surface area (Å²) in [6.45, 7) is 8.85. The molecule has 2 nitrogen and oxygen atoms in total. The van der Waals surface area contributed by atoms with E-state index in [1.54, 1.807) is 6.07 Å². The van der Waals surface area contributed by atoms with Gasteiger partial charge in [0, 0.05) is 6.04 Å². The third kappa shape index (κ3) is 4.65. The van der Waals surface area contributed by atoms with Gasteiger partial charge in [-0.05, 0) is 42.9 Å². The largest absolute Gasteiger partial charge is 0.490 e. The minimum Gasteiger partial charge on any atom is -0.490 e. The van der Waals surface area contributed by atoms with Gasteiger partial charge in [-0.15, -0.1) is 0 Å². The van der Waals surface area contributed by atoms with E-state index in [1.807, 2.05) is 13.0 Å². The van der Waals surface area contributed by atoms with E-state index in [0.717, 1.165) is 12.0 Å². The van der Waals surface area contributed by atoms with Crippen molar-refractivity contribution in [3.8, 4) is 5.75 Å². The quantitative estimate of drug-likeness (QED) is 0.834. The van der Waals surface area contributed by atoms with E-state index in [4.69, 9.17) is 10.5 Å². The molecular weight excluding hydrogens is 229 g/mol. The fraction of sp³-hybridized carbons (Fsp3) is 0.600. The Morgan fingerprint density at radius 2 is 1.89 bits per heavy atom. The van der Waals surface area contributed by atoms with Crippen LogP contribution in [0, 0.1) is 17.7 Å². The van der Waals surface area contributed by atoms with Gasteiger partial charge in [0.1, 0.15) is 0 Å². The first-order valence-corrected chi connectivity index (χ1v) is 6.58. The highest BCUT2D eigenvalue weighted by Crippen LogP contribution is 2.22. The lowest BCUT2D eigenvalue weighted by Crippen LogP contribution is -2.12. The molecule has 0 heterocycles. The molecule has 0 saturated carbocycles. The fourth-order valence-electron chi connectivity index (χ4n) is 2.02. The molecule has 0 aliphatic heterocycles. The second-order valence-corrected chi connectivity index (χ2v) is 5.52. The van der Waals surface area contributed by atoms with Crippen LogP contribution in [0.2, 0.25) is 0 Å². The summed E-state index contributed by atoms with van der Waals surface area (Å²) in [5.74, 6) is 1.04. The number of hydrogen-bond acceptors (Lipinski definition) is 2. The zero-order valence-corrected chi connectivity index (χ0v) is 11.7. The number of halogens is 1. The molecule has 2 N–H and O–H groups in total. The normalized spacial score (nSPS) is 14.6. The van der Waals surface area contributed by atoms with E-state index in [0.29, 0.717) is 24.2 Å². The minimum absolute atomic E-state index is 0.159. The van der Waals surface area contributed by atoms with Gasteiger partial charge in [-0.2, -0.15) is 0 Å². The van der Waals surface area contributed by atoms with Crippen molar-refractivity contribution >= 4 is 0 Å². The van der Waals surface area contributed by atoms with Gasteiger partial charge in [-0.3, -0.25) is 0 Å².